The molecule has 2 atom stereocenters. The number of carbonyl (C=O) groups is 3. The summed E-state index contributed by atoms with van der Waals surface area (Å²) in [6.45, 7) is 4.53. The quantitative estimate of drug-likeness (QED) is 0.0347. The number of aliphatic carboxylic acids is 1. The number of allylic oxidation sites excluding steroid dienone is 6. The summed E-state index contributed by atoms with van der Waals surface area (Å²) in [4.78, 5) is 36.6. The van der Waals surface area contributed by atoms with E-state index in [1.165, 1.54) is 51.4 Å². The lowest BCUT2D eigenvalue weighted by atomic mass is 10.1. The van der Waals surface area contributed by atoms with Crippen LogP contribution in [0.3, 0.4) is 0 Å². The van der Waals surface area contributed by atoms with Crippen LogP contribution in [-0.2, 0) is 28.6 Å². The number of rotatable bonds is 31. The van der Waals surface area contributed by atoms with Gasteiger partial charge in [-0.05, 0) is 38.5 Å². The normalized spacial score (nSPS) is 13.5. The van der Waals surface area contributed by atoms with Crippen LogP contribution in [-0.4, -0.2) is 80.6 Å². The Labute approximate surface area is 281 Å². The van der Waals surface area contributed by atoms with E-state index in [0.29, 0.717) is 19.3 Å². The molecule has 0 saturated carbocycles. The highest BCUT2D eigenvalue weighted by Gasteiger charge is 2.31. The maximum absolute atomic E-state index is 12.6. The van der Waals surface area contributed by atoms with E-state index in [-0.39, 0.29) is 42.7 Å². The number of hydrogen-bond acceptors (Lipinski definition) is 6. The number of esters is 2. The Morgan fingerprint density at radius 3 is 1.78 bits per heavy atom. The summed E-state index contributed by atoms with van der Waals surface area (Å²) in [5.41, 5.74) is 0. The molecule has 0 bridgehead atoms. The molecule has 1 N–H and O–H groups in total. The second-order valence-corrected chi connectivity index (χ2v) is 13.1. The Bertz CT molecular complexity index is 860. The molecule has 0 aliphatic carbocycles. The van der Waals surface area contributed by atoms with E-state index in [9.17, 15) is 19.5 Å². The third kappa shape index (κ3) is 27.8. The topological polar surface area (TPSA) is 99.1 Å². The van der Waals surface area contributed by atoms with Crippen molar-refractivity contribution in [3.63, 3.8) is 0 Å². The molecule has 0 aliphatic heterocycles. The molecule has 0 aromatic carbocycles. The highest BCUT2D eigenvalue weighted by atomic mass is 16.6. The van der Waals surface area contributed by atoms with Crippen LogP contribution < -0.4 is 0 Å². The fourth-order valence-electron chi connectivity index (χ4n) is 5.00. The van der Waals surface area contributed by atoms with Gasteiger partial charge in [-0.15, -0.1) is 0 Å². The summed E-state index contributed by atoms with van der Waals surface area (Å²) in [7, 11) is 5.49. The molecule has 0 heterocycles. The number of ether oxygens (including phenoxy) is 3. The minimum atomic E-state index is -0.885. The lowest BCUT2D eigenvalue weighted by Crippen LogP contribution is -2.50. The molecular formula is C38H68NO7+. The zero-order valence-electron chi connectivity index (χ0n) is 30.0. The van der Waals surface area contributed by atoms with Crippen molar-refractivity contribution >= 4 is 17.9 Å². The number of carbonyl (C=O) groups excluding carboxylic acids is 2. The Kier molecular flexibility index (Phi) is 28.3. The molecule has 0 radical (unpaired) electrons. The number of carboxylic acid groups (broad SMARTS) is 1. The molecule has 0 aliphatic rings. The first-order chi connectivity index (χ1) is 22.1. The fourth-order valence-corrected chi connectivity index (χ4v) is 5.00. The number of carboxylic acids is 1. The van der Waals surface area contributed by atoms with Gasteiger partial charge >= 0.3 is 17.9 Å². The van der Waals surface area contributed by atoms with Crippen molar-refractivity contribution in [3.05, 3.63) is 36.5 Å². The molecule has 0 saturated heterocycles. The van der Waals surface area contributed by atoms with E-state index in [4.69, 9.17) is 14.2 Å². The van der Waals surface area contributed by atoms with Crippen LogP contribution in [0.15, 0.2) is 36.5 Å². The Balaban J connectivity index is 4.53. The van der Waals surface area contributed by atoms with Crippen molar-refractivity contribution < 1.29 is 38.2 Å². The van der Waals surface area contributed by atoms with Crippen LogP contribution in [0.1, 0.15) is 136 Å². The maximum atomic E-state index is 12.6. The van der Waals surface area contributed by atoms with Gasteiger partial charge in [0.2, 0.25) is 0 Å². The maximum Gasteiger partial charge on any atom is 0.362 e. The van der Waals surface area contributed by atoms with Crippen LogP contribution in [0.2, 0.25) is 0 Å². The van der Waals surface area contributed by atoms with E-state index in [0.717, 1.165) is 44.9 Å². The second-order valence-electron chi connectivity index (χ2n) is 13.1. The van der Waals surface area contributed by atoms with Crippen molar-refractivity contribution in [1.29, 1.82) is 0 Å². The first-order valence-corrected chi connectivity index (χ1v) is 18.0. The third-order valence-electron chi connectivity index (χ3n) is 7.80. The fraction of sp³-hybridized carbons (Fsp3) is 0.763. The molecule has 8 nitrogen and oxygen atoms in total. The van der Waals surface area contributed by atoms with Gasteiger partial charge in [0.15, 0.2) is 12.1 Å². The Hall–Kier alpha value is -2.45. The van der Waals surface area contributed by atoms with E-state index in [2.05, 4.69) is 50.3 Å². The van der Waals surface area contributed by atoms with Crippen LogP contribution >= 0.6 is 0 Å². The van der Waals surface area contributed by atoms with Gasteiger partial charge in [0.05, 0.1) is 34.4 Å². The van der Waals surface area contributed by atoms with E-state index in [1.54, 1.807) is 0 Å². The van der Waals surface area contributed by atoms with Gasteiger partial charge in [0.25, 0.3) is 0 Å². The van der Waals surface area contributed by atoms with Gasteiger partial charge in [0.1, 0.15) is 6.61 Å². The van der Waals surface area contributed by atoms with Gasteiger partial charge in [-0.25, -0.2) is 4.79 Å². The smallest absolute Gasteiger partial charge is 0.362 e. The first kappa shape index (κ1) is 43.5. The minimum Gasteiger partial charge on any atom is -0.477 e. The van der Waals surface area contributed by atoms with Crippen LogP contribution in [0.4, 0.5) is 0 Å². The minimum absolute atomic E-state index is 0.0423. The Morgan fingerprint density at radius 1 is 0.674 bits per heavy atom. The lowest BCUT2D eigenvalue weighted by Gasteiger charge is -2.31. The molecule has 0 spiro atoms. The van der Waals surface area contributed by atoms with Crippen LogP contribution in [0, 0.1) is 0 Å². The molecule has 8 heteroatoms. The molecule has 266 valence electrons. The highest BCUT2D eigenvalue weighted by molar-refractivity contribution is 5.72. The number of hydrogen-bond donors (Lipinski definition) is 1. The van der Waals surface area contributed by atoms with Gasteiger partial charge in [-0.1, -0.05) is 115 Å². The molecule has 46 heavy (non-hydrogen) atoms. The molecular weight excluding hydrogens is 582 g/mol. The summed E-state index contributed by atoms with van der Waals surface area (Å²) in [6, 6.07) is -0.619. The molecule has 2 unspecified atom stereocenters. The van der Waals surface area contributed by atoms with E-state index < -0.39 is 18.1 Å². The summed E-state index contributed by atoms with van der Waals surface area (Å²) in [5.74, 6) is -1.54. The molecule has 0 fully saturated rings. The number of unbranched alkanes of at least 4 members (excludes halogenated alkanes) is 11. The molecule has 0 amide bonds. The lowest BCUT2D eigenvalue weighted by molar-refractivity contribution is -0.887. The van der Waals surface area contributed by atoms with E-state index in [1.807, 2.05) is 21.1 Å². The van der Waals surface area contributed by atoms with Gasteiger partial charge in [-0.2, -0.15) is 0 Å². The van der Waals surface area contributed by atoms with Crippen molar-refractivity contribution in [2.24, 2.45) is 0 Å². The SMILES string of the molecule is CC/C=C/C/C=C/C/C=C/CCCC(=O)OC(COCCC(C(=O)O)[N+](C)(C)C)COC(=O)CCCCCCCCCCCCC. The Morgan fingerprint density at radius 2 is 1.22 bits per heavy atom. The predicted molar refractivity (Wildman–Crippen MR) is 188 cm³/mol. The number of nitrogens with zero attached hydrogens (tertiary/aromatic N) is 1. The molecule has 0 aromatic heterocycles. The largest absolute Gasteiger partial charge is 0.477 e. The summed E-state index contributed by atoms with van der Waals surface area (Å²) >= 11 is 0. The third-order valence-corrected chi connectivity index (χ3v) is 7.80. The van der Waals surface area contributed by atoms with Gasteiger partial charge in [0, 0.05) is 19.3 Å². The molecule has 0 rings (SSSR count). The first-order valence-electron chi connectivity index (χ1n) is 18.0. The summed E-state index contributed by atoms with van der Waals surface area (Å²) in [6.07, 6.45) is 30.6. The van der Waals surface area contributed by atoms with Crippen molar-refractivity contribution in [3.8, 4) is 0 Å². The number of likely N-dealkylation sites (N-methyl/N-ethyl adjacent to an activating group) is 1. The van der Waals surface area contributed by atoms with Gasteiger partial charge in [-0.3, -0.25) is 9.59 Å². The second kappa shape index (κ2) is 29.9. The monoisotopic (exact) mass is 650 g/mol. The van der Waals surface area contributed by atoms with Crippen molar-refractivity contribution in [1.82, 2.24) is 0 Å². The van der Waals surface area contributed by atoms with Crippen LogP contribution in [0.25, 0.3) is 0 Å². The van der Waals surface area contributed by atoms with Gasteiger partial charge < -0.3 is 23.8 Å². The number of quaternary nitrogens is 1. The zero-order chi connectivity index (χ0) is 34.3. The zero-order valence-corrected chi connectivity index (χ0v) is 30.0. The molecule has 0 aromatic rings. The average Bonchev–Trinajstić information content (AvgIpc) is 3.00. The predicted octanol–water partition coefficient (Wildman–Crippen LogP) is 8.74. The van der Waals surface area contributed by atoms with Crippen molar-refractivity contribution in [2.45, 2.75) is 148 Å². The standard InChI is InChI=1S/C38H67NO7/c1-6-8-10-12-14-16-18-20-22-24-26-28-36(40)45-33-34(32-44-31-30-35(38(42)43)39(3,4)5)46-37(41)29-27-25-23-21-19-17-15-13-11-9-7-2/h9,11,15,17,21,23,34-35H,6-8,10,12-14,16,18-20,22,24-33H2,1-5H3/p+1/b11-9+,17-15+,23-21+. The van der Waals surface area contributed by atoms with Crippen LogP contribution in [0.5, 0.6) is 0 Å². The highest BCUT2D eigenvalue weighted by Crippen LogP contribution is 2.13. The van der Waals surface area contributed by atoms with E-state index >= 15 is 0 Å². The van der Waals surface area contributed by atoms with Crippen molar-refractivity contribution in [2.75, 3.05) is 41.0 Å². The summed E-state index contributed by atoms with van der Waals surface area (Å²) < 4.78 is 17.1. The average molecular weight is 651 g/mol. The summed E-state index contributed by atoms with van der Waals surface area (Å²) in [5, 5.41) is 9.55.